The molecule has 4 unspecified atom stereocenters. The van der Waals surface area contributed by atoms with Crippen LogP contribution < -0.4 is 33.2 Å². The number of nitrogens with one attached hydrogen (secondary N) is 4. The van der Waals surface area contributed by atoms with Gasteiger partial charge in [0.2, 0.25) is 29.5 Å². The number of primary amides is 2. The largest absolute Gasteiger partial charge is 0.508 e. The van der Waals surface area contributed by atoms with Gasteiger partial charge in [-0.3, -0.25) is 24.0 Å². The number of carbonyl (C=O) groups is 6. The monoisotopic (exact) mass is 595 g/mol. The number of aromatic amines is 1. The fourth-order valence-electron chi connectivity index (χ4n) is 4.34. The molecule has 3 aromatic rings. The highest BCUT2D eigenvalue weighted by Crippen LogP contribution is 2.20. The van der Waals surface area contributed by atoms with Gasteiger partial charge in [0.05, 0.1) is 18.9 Å². The predicted octanol–water partition coefficient (Wildman–Crippen LogP) is -1.72. The van der Waals surface area contributed by atoms with Crippen LogP contribution in [0, 0.1) is 0 Å². The predicted molar refractivity (Wildman–Crippen MR) is 153 cm³/mol. The summed E-state index contributed by atoms with van der Waals surface area (Å²) >= 11 is 0. The van der Waals surface area contributed by atoms with Gasteiger partial charge >= 0.3 is 5.97 Å². The van der Waals surface area contributed by atoms with Crippen LogP contribution in [-0.2, 0) is 41.6 Å². The zero-order valence-electron chi connectivity index (χ0n) is 22.9. The first kappa shape index (κ1) is 32.1. The molecular weight excluding hydrogens is 562 g/mol. The highest BCUT2D eigenvalue weighted by atomic mass is 16.4. The van der Waals surface area contributed by atoms with Gasteiger partial charge < -0.3 is 48.3 Å². The first-order chi connectivity index (χ1) is 20.3. The van der Waals surface area contributed by atoms with E-state index in [1.54, 1.807) is 30.5 Å². The van der Waals surface area contributed by atoms with Gasteiger partial charge in [0.25, 0.3) is 0 Å². The Kier molecular flexibility index (Phi) is 10.8. The van der Waals surface area contributed by atoms with Crippen LogP contribution in [0.3, 0.4) is 0 Å². The van der Waals surface area contributed by atoms with E-state index in [-0.39, 0.29) is 18.6 Å². The van der Waals surface area contributed by atoms with E-state index >= 15 is 0 Å². The maximum atomic E-state index is 13.6. The number of benzene rings is 2. The van der Waals surface area contributed by atoms with Crippen LogP contribution in [0.15, 0.2) is 54.7 Å². The fraction of sp³-hybridized carbons (Fsp3) is 0.286. The van der Waals surface area contributed by atoms with Gasteiger partial charge in [0.1, 0.15) is 23.9 Å². The van der Waals surface area contributed by atoms with E-state index in [4.69, 9.17) is 17.2 Å². The number of carboxylic acid groups (broad SMARTS) is 1. The van der Waals surface area contributed by atoms with Crippen molar-refractivity contribution >= 4 is 46.4 Å². The summed E-state index contributed by atoms with van der Waals surface area (Å²) in [6.45, 7) is 0. The fourth-order valence-corrected chi connectivity index (χ4v) is 4.34. The Morgan fingerprint density at radius 3 is 1.91 bits per heavy atom. The van der Waals surface area contributed by atoms with Gasteiger partial charge in [0, 0.05) is 29.9 Å². The van der Waals surface area contributed by atoms with Gasteiger partial charge in [-0.25, -0.2) is 4.79 Å². The Morgan fingerprint density at radius 2 is 1.30 bits per heavy atom. The summed E-state index contributed by atoms with van der Waals surface area (Å²) in [6, 6.07) is 7.24. The molecule has 5 amide bonds. The summed E-state index contributed by atoms with van der Waals surface area (Å²) in [7, 11) is 0. The van der Waals surface area contributed by atoms with E-state index in [0.717, 1.165) is 10.9 Å². The molecule has 0 aliphatic rings. The number of para-hydroxylation sites is 1. The van der Waals surface area contributed by atoms with Crippen LogP contribution in [0.1, 0.15) is 24.0 Å². The number of fused-ring (bicyclic) bond motifs is 1. The van der Waals surface area contributed by atoms with Crippen LogP contribution in [0.5, 0.6) is 5.75 Å². The zero-order valence-corrected chi connectivity index (χ0v) is 22.9. The number of phenolic OH excluding ortho intramolecular Hbond substituents is 1. The number of amides is 5. The summed E-state index contributed by atoms with van der Waals surface area (Å²) in [5.41, 5.74) is 17.9. The zero-order chi connectivity index (χ0) is 31.7. The Hall–Kier alpha value is -5.44. The van der Waals surface area contributed by atoms with E-state index < -0.39 is 72.5 Å². The van der Waals surface area contributed by atoms with Crippen molar-refractivity contribution in [1.82, 2.24) is 20.9 Å². The summed E-state index contributed by atoms with van der Waals surface area (Å²) in [4.78, 5) is 77.1. The number of aromatic hydroxyl groups is 1. The molecule has 0 saturated carbocycles. The first-order valence-electron chi connectivity index (χ1n) is 13.1. The number of hydrogen-bond donors (Lipinski definition) is 9. The molecule has 12 N–H and O–H groups in total. The second kappa shape index (κ2) is 14.5. The normalized spacial score (nSPS) is 13.7. The number of carbonyl (C=O) groups excluding carboxylic acids is 5. The Morgan fingerprint density at radius 1 is 0.744 bits per heavy atom. The third kappa shape index (κ3) is 9.29. The first-order valence-corrected chi connectivity index (χ1v) is 13.1. The summed E-state index contributed by atoms with van der Waals surface area (Å²) in [5, 5.41) is 27.1. The maximum Gasteiger partial charge on any atom is 0.326 e. The number of carboxylic acids is 1. The SMILES string of the molecule is NC(=O)CC(N)C(=O)NC(Cc1ccc(O)cc1)C(=O)NC(Cc1c[nH]c2ccccc12)C(=O)NC(CC(N)=O)C(=O)O. The number of aliphatic carboxylic acids is 1. The number of H-pyrrole nitrogens is 1. The number of rotatable bonds is 15. The smallest absolute Gasteiger partial charge is 0.326 e. The van der Waals surface area contributed by atoms with Crippen molar-refractivity contribution < 1.29 is 39.0 Å². The van der Waals surface area contributed by atoms with E-state index in [1.165, 1.54) is 24.3 Å². The average Bonchev–Trinajstić information content (AvgIpc) is 3.35. The minimum Gasteiger partial charge on any atom is -0.508 e. The molecule has 15 heteroatoms. The molecule has 2 aromatic carbocycles. The highest BCUT2D eigenvalue weighted by molar-refractivity contribution is 5.96. The van der Waals surface area contributed by atoms with Crippen LogP contribution in [0.25, 0.3) is 10.9 Å². The maximum absolute atomic E-state index is 13.6. The van der Waals surface area contributed by atoms with Crippen molar-refractivity contribution in [3.63, 3.8) is 0 Å². The second-order valence-corrected chi connectivity index (χ2v) is 9.90. The van der Waals surface area contributed by atoms with E-state index in [1.807, 2.05) is 0 Å². The molecule has 228 valence electrons. The van der Waals surface area contributed by atoms with E-state index in [0.29, 0.717) is 11.1 Å². The molecule has 15 nitrogen and oxygen atoms in total. The lowest BCUT2D eigenvalue weighted by Crippen LogP contribution is -2.58. The number of nitrogens with two attached hydrogens (primary N) is 3. The summed E-state index contributed by atoms with van der Waals surface area (Å²) < 4.78 is 0. The molecule has 0 fully saturated rings. The third-order valence-corrected chi connectivity index (χ3v) is 6.52. The molecule has 0 bridgehead atoms. The average molecular weight is 596 g/mol. The van der Waals surface area contributed by atoms with Crippen LogP contribution in [0.2, 0.25) is 0 Å². The lowest BCUT2D eigenvalue weighted by Gasteiger charge is -2.25. The van der Waals surface area contributed by atoms with Gasteiger partial charge in [0.15, 0.2) is 0 Å². The molecule has 0 aliphatic heterocycles. The minimum absolute atomic E-state index is 0.0309. The molecule has 1 heterocycles. The number of phenols is 1. The summed E-state index contributed by atoms with van der Waals surface area (Å²) in [5.74, 6) is -5.96. The van der Waals surface area contributed by atoms with E-state index in [9.17, 15) is 39.0 Å². The van der Waals surface area contributed by atoms with Crippen molar-refractivity contribution in [2.75, 3.05) is 0 Å². The lowest BCUT2D eigenvalue weighted by molar-refractivity contribution is -0.143. The van der Waals surface area contributed by atoms with Gasteiger partial charge in [-0.1, -0.05) is 30.3 Å². The topological polar surface area (TPSA) is 273 Å². The quantitative estimate of drug-likeness (QED) is 0.0964. The molecule has 3 rings (SSSR count). The van der Waals surface area contributed by atoms with Crippen molar-refractivity contribution in [3.8, 4) is 5.75 Å². The molecule has 43 heavy (non-hydrogen) atoms. The van der Waals surface area contributed by atoms with E-state index in [2.05, 4.69) is 20.9 Å². The standard InChI is InChI=1S/C28H33N7O8/c29-18(11-23(30)37)25(39)33-20(9-14-5-7-16(36)8-6-14)26(40)34-21(27(41)35-22(28(42)43)12-24(31)38)10-15-13-32-19-4-2-1-3-17(15)19/h1-8,13,18,20-22,32,36H,9-12,29H2,(H2,30,37)(H2,31,38)(H,33,39)(H,34,40)(H,35,41)(H,42,43). The molecule has 0 spiro atoms. The van der Waals surface area contributed by atoms with Crippen molar-refractivity contribution in [1.29, 1.82) is 0 Å². The summed E-state index contributed by atoms with van der Waals surface area (Å²) in [6.07, 6.45) is 0.245. The van der Waals surface area contributed by atoms with Crippen molar-refractivity contribution in [3.05, 3.63) is 65.9 Å². The van der Waals surface area contributed by atoms with Gasteiger partial charge in [-0.2, -0.15) is 0 Å². The van der Waals surface area contributed by atoms with Crippen molar-refractivity contribution in [2.24, 2.45) is 17.2 Å². The molecule has 1 aromatic heterocycles. The van der Waals surface area contributed by atoms with Crippen LogP contribution in [-0.4, -0.2) is 74.9 Å². The Bertz CT molecular complexity index is 1500. The van der Waals surface area contributed by atoms with Crippen LogP contribution >= 0.6 is 0 Å². The number of aromatic nitrogens is 1. The Balaban J connectivity index is 1.92. The molecule has 4 atom stereocenters. The molecule has 0 radical (unpaired) electrons. The Labute approximate surface area is 245 Å². The number of hydrogen-bond acceptors (Lipinski definition) is 8. The third-order valence-electron chi connectivity index (χ3n) is 6.52. The minimum atomic E-state index is -1.66. The molecular formula is C28H33N7O8. The lowest BCUT2D eigenvalue weighted by atomic mass is 10.0. The van der Waals surface area contributed by atoms with Gasteiger partial charge in [-0.15, -0.1) is 0 Å². The molecule has 0 aliphatic carbocycles. The second-order valence-electron chi connectivity index (χ2n) is 9.90. The van der Waals surface area contributed by atoms with Crippen molar-refractivity contribution in [2.45, 2.75) is 49.9 Å². The van der Waals surface area contributed by atoms with Gasteiger partial charge in [-0.05, 0) is 29.3 Å². The molecule has 0 saturated heterocycles. The highest BCUT2D eigenvalue weighted by Gasteiger charge is 2.32. The van der Waals surface area contributed by atoms with Crippen LogP contribution in [0.4, 0.5) is 0 Å².